The largest absolute Gasteiger partial charge is 0.455 e. The summed E-state index contributed by atoms with van der Waals surface area (Å²) in [7, 11) is 0. The van der Waals surface area contributed by atoms with Gasteiger partial charge >= 0.3 is 0 Å². The van der Waals surface area contributed by atoms with Crippen LogP contribution in [0.5, 0.6) is 0 Å². The van der Waals surface area contributed by atoms with E-state index in [0.29, 0.717) is 21.7 Å². The minimum atomic E-state index is -0.411. The monoisotopic (exact) mass is 449 g/mol. The number of nitrogens with zero attached hydrogens (tertiary/aromatic N) is 1. The van der Waals surface area contributed by atoms with Crippen molar-refractivity contribution in [2.24, 2.45) is 0 Å². The molecule has 0 aliphatic carbocycles. The highest BCUT2D eigenvalue weighted by Crippen LogP contribution is 2.44. The second-order valence-electron chi connectivity index (χ2n) is 7.91. The van der Waals surface area contributed by atoms with Crippen LogP contribution in [0.25, 0.3) is 55.0 Å². The number of benzene rings is 5. The molecule has 0 radical (unpaired) electrons. The first-order chi connectivity index (χ1) is 16.1. The van der Waals surface area contributed by atoms with Crippen LogP contribution in [-0.2, 0) is 0 Å². The summed E-state index contributed by atoms with van der Waals surface area (Å²) in [6.45, 7) is 0. The number of para-hydroxylation sites is 1. The summed E-state index contributed by atoms with van der Waals surface area (Å²) in [5.74, 6) is 0. The van der Waals surface area contributed by atoms with E-state index in [2.05, 4.69) is 30.3 Å². The molecule has 0 fully saturated rings. The summed E-state index contributed by atoms with van der Waals surface area (Å²) in [4.78, 5) is 11.3. The number of rotatable bonds is 3. The third-order valence-corrected chi connectivity index (χ3v) is 6.27. The smallest absolute Gasteiger partial charge is 0.278 e. The zero-order valence-corrected chi connectivity index (χ0v) is 18.0. The molecule has 0 saturated carbocycles. The van der Waals surface area contributed by atoms with Gasteiger partial charge in [-0.2, -0.15) is 0 Å². The van der Waals surface area contributed by atoms with Gasteiger partial charge < -0.3 is 4.42 Å². The summed E-state index contributed by atoms with van der Waals surface area (Å²) < 4.78 is 6.42. The quantitative estimate of drug-likeness (QED) is 0.200. The van der Waals surface area contributed by atoms with E-state index in [4.69, 9.17) is 16.0 Å². The van der Waals surface area contributed by atoms with Crippen LogP contribution in [0.3, 0.4) is 0 Å². The lowest BCUT2D eigenvalue weighted by atomic mass is 9.94. The summed E-state index contributed by atoms with van der Waals surface area (Å²) in [5, 5.41) is 16.2. The average Bonchev–Trinajstić information content (AvgIpc) is 3.23. The van der Waals surface area contributed by atoms with Crippen molar-refractivity contribution in [1.29, 1.82) is 0 Å². The Hall–Kier alpha value is -4.15. The fraction of sp³-hybridized carbons (Fsp3) is 0. The fourth-order valence-electron chi connectivity index (χ4n) is 4.61. The lowest BCUT2D eigenvalue weighted by molar-refractivity contribution is -0.384. The first-order valence-corrected chi connectivity index (χ1v) is 10.9. The third kappa shape index (κ3) is 3.07. The molecule has 0 saturated heterocycles. The minimum Gasteiger partial charge on any atom is -0.455 e. The highest BCUT2D eigenvalue weighted by atomic mass is 35.5. The van der Waals surface area contributed by atoms with Gasteiger partial charge in [0.25, 0.3) is 5.69 Å². The van der Waals surface area contributed by atoms with Crippen molar-refractivity contribution in [3.8, 4) is 22.3 Å². The van der Waals surface area contributed by atoms with Crippen LogP contribution in [0.2, 0.25) is 5.02 Å². The molecular weight excluding hydrogens is 434 g/mol. The van der Waals surface area contributed by atoms with Crippen molar-refractivity contribution in [1.82, 2.24) is 0 Å². The molecule has 5 heteroatoms. The second kappa shape index (κ2) is 7.47. The molecule has 0 bridgehead atoms. The van der Waals surface area contributed by atoms with Gasteiger partial charge in [-0.25, -0.2) is 0 Å². The van der Waals surface area contributed by atoms with Gasteiger partial charge in [0.15, 0.2) is 0 Å². The Morgan fingerprint density at radius 1 is 0.697 bits per heavy atom. The number of furan rings is 1. The van der Waals surface area contributed by atoms with E-state index in [-0.39, 0.29) is 5.69 Å². The molecule has 6 rings (SSSR count). The average molecular weight is 450 g/mol. The number of hydrogen-bond acceptors (Lipinski definition) is 3. The van der Waals surface area contributed by atoms with Crippen LogP contribution < -0.4 is 0 Å². The van der Waals surface area contributed by atoms with Crippen molar-refractivity contribution in [2.75, 3.05) is 0 Å². The normalized spacial score (nSPS) is 11.4. The van der Waals surface area contributed by atoms with Gasteiger partial charge in [-0.05, 0) is 40.1 Å². The summed E-state index contributed by atoms with van der Waals surface area (Å²) in [6.07, 6.45) is 0. The standard InChI is InChI=1S/C28H16ClNO3/c29-18-13-14-20(25(15-18)30(31)32)22-11-6-12-23-27-21-10-5-4-9-19(21)24(16-26(27)33-28(22)23)17-7-2-1-3-8-17/h1-16H. The molecule has 5 aromatic carbocycles. The molecule has 33 heavy (non-hydrogen) atoms. The van der Waals surface area contributed by atoms with Gasteiger partial charge in [0.2, 0.25) is 0 Å². The maximum atomic E-state index is 11.7. The van der Waals surface area contributed by atoms with Crippen molar-refractivity contribution >= 4 is 50.0 Å². The molecule has 4 nitrogen and oxygen atoms in total. The van der Waals surface area contributed by atoms with E-state index < -0.39 is 4.92 Å². The Balaban J connectivity index is 1.73. The molecule has 0 amide bonds. The molecule has 1 aromatic heterocycles. The second-order valence-corrected chi connectivity index (χ2v) is 8.35. The lowest BCUT2D eigenvalue weighted by Gasteiger charge is -2.08. The molecule has 0 aliphatic heterocycles. The highest BCUT2D eigenvalue weighted by molar-refractivity contribution is 6.31. The van der Waals surface area contributed by atoms with Crippen molar-refractivity contribution in [3.05, 3.63) is 112 Å². The molecule has 0 aliphatic rings. The SMILES string of the molecule is O=[N+]([O-])c1cc(Cl)ccc1-c1cccc2c1oc1cc(-c3ccccc3)c3ccccc3c12. The number of nitro benzene ring substituents is 1. The zero-order valence-electron chi connectivity index (χ0n) is 17.3. The lowest BCUT2D eigenvalue weighted by Crippen LogP contribution is -1.92. The predicted molar refractivity (Wildman–Crippen MR) is 134 cm³/mol. The summed E-state index contributed by atoms with van der Waals surface area (Å²) in [6, 6.07) is 31.0. The van der Waals surface area contributed by atoms with Crippen LogP contribution in [0.15, 0.2) is 101 Å². The Morgan fingerprint density at radius 2 is 1.42 bits per heavy atom. The van der Waals surface area contributed by atoms with Gasteiger partial charge in [-0.1, -0.05) is 84.4 Å². The Morgan fingerprint density at radius 3 is 2.21 bits per heavy atom. The number of nitro groups is 1. The minimum absolute atomic E-state index is 0.0507. The van der Waals surface area contributed by atoms with Gasteiger partial charge in [-0.3, -0.25) is 10.1 Å². The van der Waals surface area contributed by atoms with E-state index in [1.54, 1.807) is 12.1 Å². The van der Waals surface area contributed by atoms with Crippen LogP contribution in [0, 0.1) is 10.1 Å². The molecule has 0 spiro atoms. The van der Waals surface area contributed by atoms with Crippen LogP contribution >= 0.6 is 11.6 Å². The van der Waals surface area contributed by atoms with E-state index in [0.717, 1.165) is 38.3 Å². The third-order valence-electron chi connectivity index (χ3n) is 6.04. The zero-order chi connectivity index (χ0) is 22.5. The molecule has 158 valence electrons. The molecule has 0 unspecified atom stereocenters. The van der Waals surface area contributed by atoms with E-state index in [1.165, 1.54) is 6.07 Å². The van der Waals surface area contributed by atoms with Crippen LogP contribution in [-0.4, -0.2) is 4.92 Å². The Bertz CT molecular complexity index is 1700. The van der Waals surface area contributed by atoms with Gasteiger partial charge in [-0.15, -0.1) is 0 Å². The number of hydrogen-bond donors (Lipinski definition) is 0. The van der Waals surface area contributed by atoms with Gasteiger partial charge in [0, 0.05) is 27.4 Å². The maximum Gasteiger partial charge on any atom is 0.278 e. The summed E-state index contributed by atoms with van der Waals surface area (Å²) in [5.41, 5.74) is 4.63. The fourth-order valence-corrected chi connectivity index (χ4v) is 4.78. The predicted octanol–water partition coefficient (Wildman–Crippen LogP) is 8.63. The molecule has 0 atom stereocenters. The van der Waals surface area contributed by atoms with Gasteiger partial charge in [0.05, 0.1) is 10.5 Å². The Labute approximate surface area is 193 Å². The number of halogens is 1. The molecule has 0 N–H and O–H groups in total. The highest BCUT2D eigenvalue weighted by Gasteiger charge is 2.22. The van der Waals surface area contributed by atoms with Crippen molar-refractivity contribution < 1.29 is 9.34 Å². The van der Waals surface area contributed by atoms with E-state index >= 15 is 0 Å². The van der Waals surface area contributed by atoms with Crippen LogP contribution in [0.4, 0.5) is 5.69 Å². The van der Waals surface area contributed by atoms with Crippen LogP contribution in [0.1, 0.15) is 0 Å². The Kier molecular flexibility index (Phi) is 4.42. The van der Waals surface area contributed by atoms with E-state index in [1.807, 2.05) is 48.5 Å². The first kappa shape index (κ1) is 19.5. The van der Waals surface area contributed by atoms with Crippen molar-refractivity contribution in [3.63, 3.8) is 0 Å². The first-order valence-electron chi connectivity index (χ1n) is 10.5. The van der Waals surface area contributed by atoms with Gasteiger partial charge in [0.1, 0.15) is 11.2 Å². The topological polar surface area (TPSA) is 56.3 Å². The molecule has 1 heterocycles. The number of fused-ring (bicyclic) bond motifs is 5. The van der Waals surface area contributed by atoms with Crippen molar-refractivity contribution in [2.45, 2.75) is 0 Å². The molecule has 6 aromatic rings. The van der Waals surface area contributed by atoms with E-state index in [9.17, 15) is 10.1 Å². The summed E-state index contributed by atoms with van der Waals surface area (Å²) >= 11 is 6.04. The molecular formula is C28H16ClNO3. The maximum absolute atomic E-state index is 11.7.